The third kappa shape index (κ3) is 5.57. The maximum absolute atomic E-state index is 14.8. The first-order valence-electron chi connectivity index (χ1n) is 11.3. The third-order valence-electron chi connectivity index (χ3n) is 6.06. The number of halogens is 2. The van der Waals surface area contributed by atoms with E-state index < -0.39 is 52.3 Å². The average Bonchev–Trinajstić information content (AvgIpc) is 3.47. The quantitative estimate of drug-likeness (QED) is 0.491. The van der Waals surface area contributed by atoms with E-state index in [2.05, 4.69) is 20.7 Å². The molecule has 1 aliphatic heterocycles. The zero-order chi connectivity index (χ0) is 25.2. The van der Waals surface area contributed by atoms with Crippen molar-refractivity contribution < 1.29 is 22.0 Å². The molecule has 2 heterocycles. The minimum Gasteiger partial charge on any atom is -0.344 e. The molecule has 1 saturated heterocycles. The molecule has 0 bridgehead atoms. The molecule has 4 rings (SSSR count). The number of nitrogens with one attached hydrogen (secondary N) is 2. The van der Waals surface area contributed by atoms with Gasteiger partial charge in [0, 0.05) is 13.0 Å². The summed E-state index contributed by atoms with van der Waals surface area (Å²) in [6.45, 7) is 3.35. The van der Waals surface area contributed by atoms with Crippen LogP contribution in [0, 0.1) is 5.82 Å². The lowest BCUT2D eigenvalue weighted by molar-refractivity contribution is -0.124. The Balaban J connectivity index is 1.62. The number of carbonyl (C=O) groups is 1. The number of benzene rings is 2. The molecule has 1 aliphatic rings. The van der Waals surface area contributed by atoms with Crippen LogP contribution < -0.4 is 5.32 Å². The predicted molar refractivity (Wildman–Crippen MR) is 126 cm³/mol. The molecule has 35 heavy (non-hydrogen) atoms. The number of hydrogen-bond donors (Lipinski definition) is 2. The molecule has 0 radical (unpaired) electrons. The number of amides is 1. The SMILES string of the molecule is CC(C)c1ccc([C@@H](NC(=O)[C@@H]2C[C@@H](F)CN2S(=O)(=O)Cc2cn[nH]n2)c2ccccc2)cc1F. The van der Waals surface area contributed by atoms with Crippen molar-refractivity contribution in [2.75, 3.05) is 6.54 Å². The van der Waals surface area contributed by atoms with E-state index in [-0.39, 0.29) is 18.0 Å². The molecule has 1 amide bonds. The number of carbonyl (C=O) groups excluding carboxylic acids is 1. The van der Waals surface area contributed by atoms with Gasteiger partial charge >= 0.3 is 0 Å². The van der Waals surface area contributed by atoms with Gasteiger partial charge in [-0.1, -0.05) is 56.3 Å². The fourth-order valence-corrected chi connectivity index (χ4v) is 5.94. The maximum atomic E-state index is 14.8. The maximum Gasteiger partial charge on any atom is 0.239 e. The minimum atomic E-state index is -4.05. The Morgan fingerprint density at radius 1 is 1.20 bits per heavy atom. The average molecular weight is 504 g/mol. The lowest BCUT2D eigenvalue weighted by atomic mass is 9.94. The molecule has 3 atom stereocenters. The van der Waals surface area contributed by atoms with E-state index in [1.54, 1.807) is 36.4 Å². The van der Waals surface area contributed by atoms with Gasteiger partial charge in [-0.2, -0.15) is 19.7 Å². The van der Waals surface area contributed by atoms with Gasteiger partial charge in [0.05, 0.1) is 17.9 Å². The second-order valence-corrected chi connectivity index (χ2v) is 10.8. The summed E-state index contributed by atoms with van der Waals surface area (Å²) in [5.74, 6) is -1.58. The number of alkyl halides is 1. The van der Waals surface area contributed by atoms with Crippen LogP contribution in [0.15, 0.2) is 54.7 Å². The predicted octanol–water partition coefficient (Wildman–Crippen LogP) is 3.22. The van der Waals surface area contributed by atoms with Gasteiger partial charge in [0.2, 0.25) is 15.9 Å². The van der Waals surface area contributed by atoms with Crippen LogP contribution in [-0.2, 0) is 20.6 Å². The number of sulfonamides is 1. The van der Waals surface area contributed by atoms with Crippen molar-refractivity contribution in [1.82, 2.24) is 25.0 Å². The number of hydrogen-bond acceptors (Lipinski definition) is 5. The van der Waals surface area contributed by atoms with Gasteiger partial charge in [0.15, 0.2) is 0 Å². The summed E-state index contributed by atoms with van der Waals surface area (Å²) in [4.78, 5) is 13.4. The monoisotopic (exact) mass is 503 g/mol. The van der Waals surface area contributed by atoms with Gasteiger partial charge in [-0.25, -0.2) is 17.2 Å². The van der Waals surface area contributed by atoms with Gasteiger partial charge in [-0.15, -0.1) is 0 Å². The van der Waals surface area contributed by atoms with Crippen LogP contribution in [-0.4, -0.2) is 52.8 Å². The van der Waals surface area contributed by atoms with Crippen molar-refractivity contribution in [1.29, 1.82) is 0 Å². The minimum absolute atomic E-state index is 0.0164. The molecule has 1 aromatic heterocycles. The molecular formula is C24H27F2N5O3S. The van der Waals surface area contributed by atoms with E-state index in [9.17, 15) is 22.0 Å². The van der Waals surface area contributed by atoms with Gasteiger partial charge in [-0.05, 0) is 28.7 Å². The molecule has 2 aromatic carbocycles. The first kappa shape index (κ1) is 24.9. The zero-order valence-electron chi connectivity index (χ0n) is 19.4. The second-order valence-electron chi connectivity index (χ2n) is 8.92. The summed E-state index contributed by atoms with van der Waals surface area (Å²) in [7, 11) is -4.05. The molecule has 0 aliphatic carbocycles. The van der Waals surface area contributed by atoms with Crippen LogP contribution in [0.3, 0.4) is 0 Å². The largest absolute Gasteiger partial charge is 0.344 e. The van der Waals surface area contributed by atoms with Crippen molar-refractivity contribution in [3.8, 4) is 0 Å². The van der Waals surface area contributed by atoms with E-state index in [4.69, 9.17) is 0 Å². The van der Waals surface area contributed by atoms with Crippen molar-refractivity contribution in [3.05, 3.63) is 82.9 Å². The van der Waals surface area contributed by atoms with Gasteiger partial charge in [0.1, 0.15) is 23.8 Å². The van der Waals surface area contributed by atoms with E-state index >= 15 is 0 Å². The van der Waals surface area contributed by atoms with Crippen molar-refractivity contribution in [2.45, 2.75) is 50.2 Å². The molecule has 186 valence electrons. The highest BCUT2D eigenvalue weighted by Gasteiger charge is 2.44. The van der Waals surface area contributed by atoms with Crippen LogP contribution in [0.25, 0.3) is 0 Å². The number of H-pyrrole nitrogens is 1. The molecule has 1 fully saturated rings. The van der Waals surface area contributed by atoms with Gasteiger partial charge in [-0.3, -0.25) is 4.79 Å². The highest BCUT2D eigenvalue weighted by Crippen LogP contribution is 2.29. The molecule has 11 heteroatoms. The molecule has 0 saturated carbocycles. The molecular weight excluding hydrogens is 476 g/mol. The Hall–Kier alpha value is -3.18. The number of aromatic nitrogens is 3. The Morgan fingerprint density at radius 2 is 1.94 bits per heavy atom. The zero-order valence-corrected chi connectivity index (χ0v) is 20.2. The highest BCUT2D eigenvalue weighted by atomic mass is 32.2. The lowest BCUT2D eigenvalue weighted by Gasteiger charge is -2.26. The summed E-state index contributed by atoms with van der Waals surface area (Å²) in [5.41, 5.74) is 1.89. The molecule has 0 unspecified atom stereocenters. The first-order chi connectivity index (χ1) is 16.7. The molecule has 2 N–H and O–H groups in total. The summed E-state index contributed by atoms with van der Waals surface area (Å²) in [6.07, 6.45) is -0.501. The van der Waals surface area contributed by atoms with Crippen molar-refractivity contribution in [2.24, 2.45) is 0 Å². The normalized spacial score (nSPS) is 19.7. The van der Waals surface area contributed by atoms with Crippen LogP contribution in [0.5, 0.6) is 0 Å². The fourth-order valence-electron chi connectivity index (χ4n) is 4.30. The fraction of sp³-hybridized carbons (Fsp3) is 0.375. The first-order valence-corrected chi connectivity index (χ1v) is 12.9. The number of nitrogens with zero attached hydrogens (tertiary/aromatic N) is 3. The van der Waals surface area contributed by atoms with Gasteiger partial charge in [0.25, 0.3) is 0 Å². The molecule has 0 spiro atoms. The van der Waals surface area contributed by atoms with Crippen molar-refractivity contribution >= 4 is 15.9 Å². The molecule has 3 aromatic rings. The Kier molecular flexibility index (Phi) is 7.27. The standard InChI is InChI=1S/C24H27F2N5O3S/c1-15(2)20-9-8-17(10-21(20)26)23(16-6-4-3-5-7-16)28-24(32)22-11-18(25)13-31(22)35(33,34)14-19-12-27-30-29-19/h3-10,12,15,18,22-23H,11,13-14H2,1-2H3,(H,28,32)(H,27,29,30)/t18-,22+,23+/m1/s1. The number of aromatic amines is 1. The van der Waals surface area contributed by atoms with E-state index in [0.717, 1.165) is 4.31 Å². The Labute approximate surface area is 202 Å². The van der Waals surface area contributed by atoms with Crippen LogP contribution in [0.2, 0.25) is 0 Å². The lowest BCUT2D eigenvalue weighted by Crippen LogP contribution is -2.47. The topological polar surface area (TPSA) is 108 Å². The summed E-state index contributed by atoms with van der Waals surface area (Å²) in [6, 6.07) is 11.7. The molecule has 8 nitrogen and oxygen atoms in total. The van der Waals surface area contributed by atoms with E-state index in [0.29, 0.717) is 16.7 Å². The van der Waals surface area contributed by atoms with Crippen LogP contribution >= 0.6 is 0 Å². The summed E-state index contributed by atoms with van der Waals surface area (Å²) >= 11 is 0. The Morgan fingerprint density at radius 3 is 2.57 bits per heavy atom. The summed E-state index contributed by atoms with van der Waals surface area (Å²) < 4.78 is 56.0. The van der Waals surface area contributed by atoms with Crippen LogP contribution in [0.4, 0.5) is 8.78 Å². The van der Waals surface area contributed by atoms with E-state index in [1.807, 2.05) is 19.9 Å². The van der Waals surface area contributed by atoms with Gasteiger partial charge < -0.3 is 5.32 Å². The van der Waals surface area contributed by atoms with Crippen molar-refractivity contribution in [3.63, 3.8) is 0 Å². The second kappa shape index (κ2) is 10.2. The smallest absolute Gasteiger partial charge is 0.239 e. The van der Waals surface area contributed by atoms with Crippen LogP contribution in [0.1, 0.15) is 54.6 Å². The third-order valence-corrected chi connectivity index (χ3v) is 7.84. The number of rotatable bonds is 8. The Bertz CT molecular complexity index is 1270. The van der Waals surface area contributed by atoms with E-state index in [1.165, 1.54) is 12.3 Å². The summed E-state index contributed by atoms with van der Waals surface area (Å²) in [5, 5.41) is 12.5. The highest BCUT2D eigenvalue weighted by molar-refractivity contribution is 7.88.